The van der Waals surface area contributed by atoms with Crippen molar-refractivity contribution < 1.29 is 9.53 Å². The number of carbonyl (C=O) groups is 1. The average molecular weight is 323 g/mol. The Kier molecular flexibility index (Phi) is 6.01. The first-order valence-corrected chi connectivity index (χ1v) is 8.40. The summed E-state index contributed by atoms with van der Waals surface area (Å²) in [5.41, 5.74) is 0.647. The fraction of sp³-hybridized carbons (Fsp3) is 0.357. The number of nitrogens with zero attached hydrogens (tertiary/aromatic N) is 2. The predicted octanol–water partition coefficient (Wildman–Crippen LogP) is 3.34. The van der Waals surface area contributed by atoms with Crippen LogP contribution in [0.2, 0.25) is 0 Å². The molecule has 0 saturated carbocycles. The Morgan fingerprint density at radius 3 is 2.76 bits per heavy atom. The van der Waals surface area contributed by atoms with E-state index in [9.17, 15) is 4.79 Å². The van der Waals surface area contributed by atoms with Crippen molar-refractivity contribution in [2.75, 3.05) is 24.7 Å². The summed E-state index contributed by atoms with van der Waals surface area (Å²) < 4.78 is 5.99. The largest absolute Gasteiger partial charge is 0.497 e. The Labute approximate surface area is 132 Å². The van der Waals surface area contributed by atoms with Crippen LogP contribution in [0.4, 0.5) is 5.13 Å². The number of hydrogen-bond donors (Lipinski definition) is 1. The van der Waals surface area contributed by atoms with E-state index < -0.39 is 0 Å². The molecule has 1 aromatic heterocycles. The number of rotatable bonds is 8. The van der Waals surface area contributed by atoms with Gasteiger partial charge in [0.2, 0.25) is 5.13 Å². The highest BCUT2D eigenvalue weighted by molar-refractivity contribution is 8.01. The number of Topliss-reactive ketones (excluding diaryl/α,β-unsaturated/α-hetero) is 1. The molecule has 1 heterocycles. The Hall–Kier alpha value is -1.60. The van der Waals surface area contributed by atoms with Gasteiger partial charge in [-0.15, -0.1) is 10.2 Å². The summed E-state index contributed by atoms with van der Waals surface area (Å²) in [4.78, 5) is 12.0. The highest BCUT2D eigenvalue weighted by Gasteiger charge is 2.08. The van der Waals surface area contributed by atoms with Crippen LogP contribution in [0.3, 0.4) is 0 Å². The summed E-state index contributed by atoms with van der Waals surface area (Å²) in [5.74, 6) is 1.77. The minimum Gasteiger partial charge on any atom is -0.497 e. The third kappa shape index (κ3) is 4.71. The van der Waals surface area contributed by atoms with Crippen LogP contribution in [-0.2, 0) is 0 Å². The van der Waals surface area contributed by atoms with Gasteiger partial charge in [0.25, 0.3) is 0 Å². The van der Waals surface area contributed by atoms with Crippen molar-refractivity contribution in [3.05, 3.63) is 29.8 Å². The lowest BCUT2D eigenvalue weighted by Crippen LogP contribution is -2.13. The van der Waals surface area contributed by atoms with E-state index in [1.54, 1.807) is 43.1 Å². The number of aromatic nitrogens is 2. The summed E-state index contributed by atoms with van der Waals surface area (Å²) in [6.45, 7) is 2.33. The number of ketones is 1. The van der Waals surface area contributed by atoms with Gasteiger partial charge in [-0.3, -0.25) is 4.79 Å². The highest BCUT2D eigenvalue weighted by Crippen LogP contribution is 2.25. The van der Waals surface area contributed by atoms with Crippen LogP contribution < -0.4 is 10.1 Å². The molecule has 2 aromatic rings. The molecule has 2 rings (SSSR count). The second kappa shape index (κ2) is 7.99. The molecule has 0 radical (unpaired) electrons. The van der Waals surface area contributed by atoms with Crippen molar-refractivity contribution >= 4 is 34.0 Å². The number of methoxy groups -OCH3 is 1. The highest BCUT2D eigenvalue weighted by atomic mass is 32.2. The van der Waals surface area contributed by atoms with Gasteiger partial charge < -0.3 is 10.1 Å². The van der Waals surface area contributed by atoms with Gasteiger partial charge in [0.1, 0.15) is 5.75 Å². The average Bonchev–Trinajstić information content (AvgIpc) is 2.98. The number of ether oxygens (including phenoxy) is 1. The molecule has 0 aliphatic rings. The summed E-state index contributed by atoms with van der Waals surface area (Å²) >= 11 is 3.16. The van der Waals surface area contributed by atoms with Gasteiger partial charge in [-0.05, 0) is 30.7 Å². The molecule has 0 spiro atoms. The van der Waals surface area contributed by atoms with Crippen molar-refractivity contribution in [2.45, 2.75) is 17.7 Å². The Balaban J connectivity index is 1.86. The van der Waals surface area contributed by atoms with Crippen LogP contribution in [0.15, 0.2) is 28.6 Å². The van der Waals surface area contributed by atoms with Crippen molar-refractivity contribution in [1.29, 1.82) is 0 Å². The fourth-order valence-corrected chi connectivity index (χ4v) is 3.24. The minimum atomic E-state index is 0.00983. The number of carbonyl (C=O) groups excluding carboxylic acids is 1. The monoisotopic (exact) mass is 323 g/mol. The van der Waals surface area contributed by atoms with E-state index in [-0.39, 0.29) is 12.3 Å². The zero-order valence-electron chi connectivity index (χ0n) is 12.0. The SMILES string of the molecule is CCCSc1nnc(NCC(=O)c2ccc(OC)cc2)s1. The van der Waals surface area contributed by atoms with Crippen molar-refractivity contribution in [2.24, 2.45) is 0 Å². The van der Waals surface area contributed by atoms with Gasteiger partial charge in [0.05, 0.1) is 13.7 Å². The molecular weight excluding hydrogens is 306 g/mol. The number of anilines is 1. The lowest BCUT2D eigenvalue weighted by Gasteiger charge is -2.03. The molecule has 0 amide bonds. The zero-order valence-corrected chi connectivity index (χ0v) is 13.6. The fourth-order valence-electron chi connectivity index (χ4n) is 1.56. The topological polar surface area (TPSA) is 64.1 Å². The van der Waals surface area contributed by atoms with Crippen molar-refractivity contribution in [3.63, 3.8) is 0 Å². The molecular formula is C14H17N3O2S2. The number of benzene rings is 1. The Bertz CT molecular complexity index is 584. The molecule has 0 aliphatic heterocycles. The smallest absolute Gasteiger partial charge is 0.206 e. The lowest BCUT2D eigenvalue weighted by atomic mass is 10.1. The van der Waals surface area contributed by atoms with Crippen LogP contribution in [0, 0.1) is 0 Å². The number of nitrogens with one attached hydrogen (secondary N) is 1. The van der Waals surface area contributed by atoms with Crippen LogP contribution in [-0.4, -0.2) is 35.4 Å². The summed E-state index contributed by atoms with van der Waals surface area (Å²) in [6.07, 6.45) is 1.10. The summed E-state index contributed by atoms with van der Waals surface area (Å²) in [7, 11) is 1.60. The number of thioether (sulfide) groups is 1. The first-order valence-electron chi connectivity index (χ1n) is 6.60. The second-order valence-electron chi connectivity index (χ2n) is 4.23. The third-order valence-electron chi connectivity index (χ3n) is 2.65. The molecule has 0 bridgehead atoms. The van der Waals surface area contributed by atoms with Gasteiger partial charge >= 0.3 is 0 Å². The van der Waals surface area contributed by atoms with E-state index in [4.69, 9.17) is 4.74 Å². The van der Waals surface area contributed by atoms with Gasteiger partial charge in [0, 0.05) is 11.3 Å². The molecule has 0 fully saturated rings. The normalized spacial score (nSPS) is 10.4. The molecule has 0 saturated heterocycles. The van der Waals surface area contributed by atoms with E-state index in [2.05, 4.69) is 22.4 Å². The van der Waals surface area contributed by atoms with Crippen LogP contribution in [0.25, 0.3) is 0 Å². The van der Waals surface area contributed by atoms with E-state index in [0.29, 0.717) is 10.7 Å². The first-order chi connectivity index (χ1) is 10.2. The van der Waals surface area contributed by atoms with Crippen molar-refractivity contribution in [3.8, 4) is 5.75 Å². The van der Waals surface area contributed by atoms with Crippen LogP contribution >= 0.6 is 23.1 Å². The van der Waals surface area contributed by atoms with E-state index in [1.165, 1.54) is 11.3 Å². The summed E-state index contributed by atoms with van der Waals surface area (Å²) in [6, 6.07) is 7.06. The van der Waals surface area contributed by atoms with Gasteiger partial charge in [0.15, 0.2) is 10.1 Å². The first kappa shape index (κ1) is 15.8. The van der Waals surface area contributed by atoms with Gasteiger partial charge in [-0.2, -0.15) is 0 Å². The molecule has 1 N–H and O–H groups in total. The van der Waals surface area contributed by atoms with Gasteiger partial charge in [-0.25, -0.2) is 0 Å². The molecule has 1 aromatic carbocycles. The minimum absolute atomic E-state index is 0.00983. The maximum absolute atomic E-state index is 12.0. The third-order valence-corrected chi connectivity index (χ3v) is 4.87. The Morgan fingerprint density at radius 2 is 2.10 bits per heavy atom. The van der Waals surface area contributed by atoms with Crippen LogP contribution in [0.5, 0.6) is 5.75 Å². The molecule has 0 atom stereocenters. The van der Waals surface area contributed by atoms with E-state index in [1.807, 2.05) is 0 Å². The van der Waals surface area contributed by atoms with Crippen molar-refractivity contribution in [1.82, 2.24) is 10.2 Å². The predicted molar refractivity (Wildman–Crippen MR) is 86.7 cm³/mol. The molecule has 7 heteroatoms. The number of hydrogen-bond acceptors (Lipinski definition) is 7. The molecule has 0 unspecified atom stereocenters. The molecule has 0 aliphatic carbocycles. The van der Waals surface area contributed by atoms with E-state index >= 15 is 0 Å². The lowest BCUT2D eigenvalue weighted by molar-refractivity contribution is 0.101. The summed E-state index contributed by atoms with van der Waals surface area (Å²) in [5, 5.41) is 11.8. The molecule has 5 nitrogen and oxygen atoms in total. The van der Waals surface area contributed by atoms with E-state index in [0.717, 1.165) is 22.3 Å². The maximum atomic E-state index is 12.0. The van der Waals surface area contributed by atoms with Crippen LogP contribution in [0.1, 0.15) is 23.7 Å². The standard InChI is InChI=1S/C14H17N3O2S2/c1-3-8-20-14-17-16-13(21-14)15-9-12(18)10-4-6-11(19-2)7-5-10/h4-7H,3,8-9H2,1-2H3,(H,15,16). The molecule has 21 heavy (non-hydrogen) atoms. The second-order valence-corrected chi connectivity index (χ2v) is 6.55. The zero-order chi connectivity index (χ0) is 15.1. The Morgan fingerprint density at radius 1 is 1.33 bits per heavy atom. The molecule has 112 valence electrons. The quantitative estimate of drug-likeness (QED) is 0.594. The maximum Gasteiger partial charge on any atom is 0.206 e. The van der Waals surface area contributed by atoms with Gasteiger partial charge in [-0.1, -0.05) is 30.0 Å².